The second-order valence-corrected chi connectivity index (χ2v) is 6.50. The third-order valence-electron chi connectivity index (χ3n) is 4.60. The second kappa shape index (κ2) is 6.52. The van der Waals surface area contributed by atoms with Gasteiger partial charge in [0, 0.05) is 36.9 Å². The van der Waals surface area contributed by atoms with Crippen molar-refractivity contribution in [3.8, 4) is 22.8 Å². The average molecular weight is 381 g/mol. The summed E-state index contributed by atoms with van der Waals surface area (Å²) in [4.78, 5) is 11.9. The van der Waals surface area contributed by atoms with Crippen molar-refractivity contribution in [2.24, 2.45) is 0 Å². The maximum absolute atomic E-state index is 13.3. The number of nitrogens with zero attached hydrogens (tertiary/aromatic N) is 4. The number of aryl methyl sites for hydroxylation is 1. The normalized spacial score (nSPS) is 13.3. The van der Waals surface area contributed by atoms with Crippen LogP contribution in [0.25, 0.3) is 16.8 Å². The van der Waals surface area contributed by atoms with E-state index in [0.29, 0.717) is 23.6 Å². The van der Waals surface area contributed by atoms with Crippen LogP contribution in [0.5, 0.6) is 11.6 Å². The summed E-state index contributed by atoms with van der Waals surface area (Å²) >= 11 is 0. The van der Waals surface area contributed by atoms with Crippen LogP contribution in [0.15, 0.2) is 47.4 Å². The molecule has 0 saturated carbocycles. The van der Waals surface area contributed by atoms with Gasteiger partial charge in [-0.2, -0.15) is 10.2 Å². The van der Waals surface area contributed by atoms with Crippen molar-refractivity contribution in [3.63, 3.8) is 0 Å². The third-order valence-corrected chi connectivity index (χ3v) is 4.60. The van der Waals surface area contributed by atoms with E-state index in [1.165, 1.54) is 16.5 Å². The topological polar surface area (TPSA) is 86.4 Å². The van der Waals surface area contributed by atoms with E-state index < -0.39 is 0 Å². The largest absolute Gasteiger partial charge is 0.486 e. The number of halogens is 1. The summed E-state index contributed by atoms with van der Waals surface area (Å²) in [7, 11) is 0. The van der Waals surface area contributed by atoms with Crippen molar-refractivity contribution in [2.75, 3.05) is 6.61 Å². The van der Waals surface area contributed by atoms with Gasteiger partial charge < -0.3 is 9.47 Å². The zero-order chi connectivity index (χ0) is 19.1. The van der Waals surface area contributed by atoms with Crippen LogP contribution >= 0.6 is 0 Å². The molecule has 0 radical (unpaired) electrons. The summed E-state index contributed by atoms with van der Waals surface area (Å²) in [6, 6.07) is 9.52. The predicted octanol–water partition coefficient (Wildman–Crippen LogP) is 2.39. The Bertz CT molecular complexity index is 1190. The summed E-state index contributed by atoms with van der Waals surface area (Å²) in [5.41, 5.74) is 2.18. The number of fused-ring (bicyclic) bond motifs is 2. The molecule has 0 unspecified atom stereocenters. The second-order valence-electron chi connectivity index (χ2n) is 6.50. The van der Waals surface area contributed by atoms with Gasteiger partial charge >= 0.3 is 5.69 Å². The van der Waals surface area contributed by atoms with Crippen LogP contribution in [0, 0.1) is 5.82 Å². The van der Waals surface area contributed by atoms with E-state index in [9.17, 15) is 9.18 Å². The van der Waals surface area contributed by atoms with Gasteiger partial charge in [0.1, 0.15) is 23.9 Å². The van der Waals surface area contributed by atoms with Gasteiger partial charge in [0.25, 0.3) is 0 Å². The molecule has 0 aliphatic carbocycles. The van der Waals surface area contributed by atoms with Crippen molar-refractivity contribution in [3.05, 3.63) is 64.6 Å². The highest BCUT2D eigenvalue weighted by Gasteiger charge is 2.16. The Balaban J connectivity index is 1.51. The van der Waals surface area contributed by atoms with E-state index in [4.69, 9.17) is 9.47 Å². The SMILES string of the molecule is O=c1[nH]nc2cc(OCc3cc4n(n3)CCCO4)c(-c3ccc(F)cc3)cn12. The molecule has 0 saturated heterocycles. The Labute approximate surface area is 158 Å². The minimum Gasteiger partial charge on any atom is -0.486 e. The summed E-state index contributed by atoms with van der Waals surface area (Å²) in [5, 5.41) is 10.9. The summed E-state index contributed by atoms with van der Waals surface area (Å²) in [6.07, 6.45) is 2.55. The van der Waals surface area contributed by atoms with Gasteiger partial charge in [-0.3, -0.25) is 0 Å². The zero-order valence-electron chi connectivity index (χ0n) is 14.8. The van der Waals surface area contributed by atoms with Gasteiger partial charge in [-0.05, 0) is 17.7 Å². The van der Waals surface area contributed by atoms with Gasteiger partial charge in [-0.15, -0.1) is 0 Å². The summed E-state index contributed by atoms with van der Waals surface area (Å²) in [6.45, 7) is 1.73. The van der Waals surface area contributed by atoms with Crippen LogP contribution in [-0.2, 0) is 13.2 Å². The minimum absolute atomic E-state index is 0.225. The lowest BCUT2D eigenvalue weighted by Crippen LogP contribution is -2.14. The Morgan fingerprint density at radius 3 is 2.93 bits per heavy atom. The van der Waals surface area contributed by atoms with Crippen molar-refractivity contribution in [1.29, 1.82) is 0 Å². The molecule has 0 fully saturated rings. The number of aromatic nitrogens is 5. The molecule has 0 bridgehead atoms. The molecular weight excluding hydrogens is 365 g/mol. The van der Waals surface area contributed by atoms with Crippen LogP contribution in [0.4, 0.5) is 4.39 Å². The highest BCUT2D eigenvalue weighted by atomic mass is 19.1. The predicted molar refractivity (Wildman–Crippen MR) is 97.9 cm³/mol. The van der Waals surface area contributed by atoms with E-state index in [-0.39, 0.29) is 18.1 Å². The Kier molecular flexibility index (Phi) is 3.85. The molecule has 28 heavy (non-hydrogen) atoms. The first kappa shape index (κ1) is 16.5. The van der Waals surface area contributed by atoms with Gasteiger partial charge in [-0.1, -0.05) is 12.1 Å². The molecule has 0 amide bonds. The molecule has 9 heteroatoms. The fraction of sp³-hybridized carbons (Fsp3) is 0.211. The lowest BCUT2D eigenvalue weighted by Gasteiger charge is -2.13. The average Bonchev–Trinajstić information content (AvgIpc) is 3.29. The van der Waals surface area contributed by atoms with Crippen LogP contribution in [0.2, 0.25) is 0 Å². The number of pyridine rings is 1. The molecule has 5 rings (SSSR count). The molecule has 0 spiro atoms. The highest BCUT2D eigenvalue weighted by molar-refractivity contribution is 5.72. The van der Waals surface area contributed by atoms with E-state index in [1.54, 1.807) is 24.4 Å². The smallest absolute Gasteiger partial charge is 0.347 e. The van der Waals surface area contributed by atoms with Crippen molar-refractivity contribution >= 4 is 5.65 Å². The molecule has 1 aliphatic rings. The fourth-order valence-corrected chi connectivity index (χ4v) is 3.24. The first-order valence-corrected chi connectivity index (χ1v) is 8.86. The van der Waals surface area contributed by atoms with Gasteiger partial charge in [0.15, 0.2) is 5.65 Å². The maximum atomic E-state index is 13.3. The molecule has 3 aromatic heterocycles. The Morgan fingerprint density at radius 2 is 2.11 bits per heavy atom. The number of ether oxygens (including phenoxy) is 2. The van der Waals surface area contributed by atoms with Crippen LogP contribution in [0.3, 0.4) is 0 Å². The number of aromatic amines is 1. The number of H-pyrrole nitrogens is 1. The van der Waals surface area contributed by atoms with Crippen molar-refractivity contribution in [1.82, 2.24) is 24.4 Å². The molecule has 4 heterocycles. The number of benzene rings is 1. The zero-order valence-corrected chi connectivity index (χ0v) is 14.8. The van der Waals surface area contributed by atoms with E-state index in [1.807, 2.05) is 10.7 Å². The third kappa shape index (κ3) is 2.90. The monoisotopic (exact) mass is 381 g/mol. The van der Waals surface area contributed by atoms with Crippen LogP contribution in [-0.4, -0.2) is 31.0 Å². The lowest BCUT2D eigenvalue weighted by atomic mass is 10.1. The number of nitrogens with one attached hydrogen (secondary N) is 1. The van der Waals surface area contributed by atoms with Crippen LogP contribution < -0.4 is 15.2 Å². The van der Waals surface area contributed by atoms with E-state index in [0.717, 1.165) is 30.1 Å². The molecule has 1 aliphatic heterocycles. The van der Waals surface area contributed by atoms with E-state index >= 15 is 0 Å². The van der Waals surface area contributed by atoms with Crippen molar-refractivity contribution < 1.29 is 13.9 Å². The molecule has 0 atom stereocenters. The highest BCUT2D eigenvalue weighted by Crippen LogP contribution is 2.31. The summed E-state index contributed by atoms with van der Waals surface area (Å²) < 4.78 is 28.1. The van der Waals surface area contributed by atoms with E-state index in [2.05, 4.69) is 15.3 Å². The standard InChI is InChI=1S/C19H16FN5O3/c20-13-4-2-12(3-5-13)15-10-24-17(21-22-19(24)26)9-16(15)28-11-14-8-18-25(23-14)6-1-7-27-18/h2-5,8-10H,1,6-7,11H2,(H,22,26). The molecule has 8 nitrogen and oxygen atoms in total. The fourth-order valence-electron chi connectivity index (χ4n) is 3.24. The van der Waals surface area contributed by atoms with Gasteiger partial charge in [-0.25, -0.2) is 23.4 Å². The molecule has 142 valence electrons. The number of rotatable bonds is 4. The number of hydrogen-bond acceptors (Lipinski definition) is 5. The molecule has 1 aromatic carbocycles. The molecule has 4 aromatic rings. The van der Waals surface area contributed by atoms with Crippen LogP contribution in [0.1, 0.15) is 12.1 Å². The first-order chi connectivity index (χ1) is 13.7. The first-order valence-electron chi connectivity index (χ1n) is 8.86. The maximum Gasteiger partial charge on any atom is 0.347 e. The number of hydrogen-bond donors (Lipinski definition) is 1. The van der Waals surface area contributed by atoms with Crippen molar-refractivity contribution in [2.45, 2.75) is 19.6 Å². The Morgan fingerprint density at radius 1 is 1.25 bits per heavy atom. The van der Waals surface area contributed by atoms with Gasteiger partial charge in [0.05, 0.1) is 6.61 Å². The quantitative estimate of drug-likeness (QED) is 0.587. The molecule has 1 N–H and O–H groups in total. The summed E-state index contributed by atoms with van der Waals surface area (Å²) in [5.74, 6) is 0.916. The molecular formula is C19H16FN5O3. The lowest BCUT2D eigenvalue weighted by molar-refractivity contribution is 0.230. The minimum atomic E-state index is -0.358. The Hall–Kier alpha value is -3.62. The van der Waals surface area contributed by atoms with Gasteiger partial charge in [0.2, 0.25) is 5.88 Å².